The van der Waals surface area contributed by atoms with Crippen molar-refractivity contribution in [1.29, 1.82) is 0 Å². The van der Waals surface area contributed by atoms with Crippen molar-refractivity contribution in [3.8, 4) is 0 Å². The lowest BCUT2D eigenvalue weighted by atomic mass is 10.0. The van der Waals surface area contributed by atoms with Crippen LogP contribution in [0.2, 0.25) is 5.22 Å². The highest BCUT2D eigenvalue weighted by Gasteiger charge is 2.33. The largest absolute Gasteiger partial charge is 0.480 e. The van der Waals surface area contributed by atoms with Crippen molar-refractivity contribution < 1.29 is 19.1 Å². The van der Waals surface area contributed by atoms with Gasteiger partial charge in [-0.05, 0) is 36.9 Å². The van der Waals surface area contributed by atoms with E-state index in [1.165, 1.54) is 17.2 Å². The SMILES string of the molecule is O=C(O)[C@@H]1CCCCN1C(=O)c1ccoc1Cl. The van der Waals surface area contributed by atoms with E-state index in [1.807, 2.05) is 0 Å². The zero-order valence-electron chi connectivity index (χ0n) is 9.06. The Labute approximate surface area is 103 Å². The van der Waals surface area contributed by atoms with Gasteiger partial charge in [-0.25, -0.2) is 4.79 Å². The first kappa shape index (κ1) is 12.0. The standard InChI is InChI=1S/C11H12ClNO4/c12-9-7(4-6-17-9)10(14)13-5-2-1-3-8(13)11(15)16/h4,6,8H,1-3,5H2,(H,15,16)/t8-/m0/s1. The maximum absolute atomic E-state index is 12.1. The second-order valence-corrected chi connectivity index (χ2v) is 4.30. The molecular weight excluding hydrogens is 246 g/mol. The van der Waals surface area contributed by atoms with Crippen LogP contribution in [0.25, 0.3) is 0 Å². The summed E-state index contributed by atoms with van der Waals surface area (Å²) in [7, 11) is 0. The third-order valence-corrected chi connectivity index (χ3v) is 3.19. The van der Waals surface area contributed by atoms with Crippen molar-refractivity contribution in [2.24, 2.45) is 0 Å². The van der Waals surface area contributed by atoms with Crippen molar-refractivity contribution in [2.75, 3.05) is 6.54 Å². The zero-order chi connectivity index (χ0) is 12.4. The molecule has 1 N–H and O–H groups in total. The lowest BCUT2D eigenvalue weighted by molar-refractivity contribution is -0.143. The highest BCUT2D eigenvalue weighted by atomic mass is 35.5. The first-order valence-corrected chi connectivity index (χ1v) is 5.76. The van der Waals surface area contributed by atoms with Crippen LogP contribution in [-0.2, 0) is 4.79 Å². The predicted octanol–water partition coefficient (Wildman–Crippen LogP) is 2.01. The lowest BCUT2D eigenvalue weighted by Gasteiger charge is -2.32. The Balaban J connectivity index is 2.23. The molecule has 1 aliphatic heterocycles. The molecule has 2 heterocycles. The molecule has 0 aliphatic carbocycles. The first-order chi connectivity index (χ1) is 8.11. The fraction of sp³-hybridized carbons (Fsp3) is 0.455. The van der Waals surface area contributed by atoms with Crippen molar-refractivity contribution >= 4 is 23.5 Å². The zero-order valence-corrected chi connectivity index (χ0v) is 9.81. The van der Waals surface area contributed by atoms with Gasteiger partial charge in [-0.3, -0.25) is 4.79 Å². The maximum atomic E-state index is 12.1. The number of halogens is 1. The van der Waals surface area contributed by atoms with E-state index < -0.39 is 12.0 Å². The van der Waals surface area contributed by atoms with Crippen LogP contribution in [-0.4, -0.2) is 34.5 Å². The quantitative estimate of drug-likeness (QED) is 0.880. The average molecular weight is 258 g/mol. The summed E-state index contributed by atoms with van der Waals surface area (Å²) in [4.78, 5) is 24.5. The smallest absolute Gasteiger partial charge is 0.326 e. The molecule has 92 valence electrons. The Kier molecular flexibility index (Phi) is 3.38. The highest BCUT2D eigenvalue weighted by Crippen LogP contribution is 2.24. The van der Waals surface area contributed by atoms with E-state index in [2.05, 4.69) is 0 Å². The first-order valence-electron chi connectivity index (χ1n) is 5.38. The number of hydrogen-bond donors (Lipinski definition) is 1. The molecule has 1 aromatic heterocycles. The van der Waals surface area contributed by atoms with E-state index >= 15 is 0 Å². The number of rotatable bonds is 2. The predicted molar refractivity (Wildman–Crippen MR) is 60.0 cm³/mol. The number of likely N-dealkylation sites (tertiary alicyclic amines) is 1. The second-order valence-electron chi connectivity index (χ2n) is 3.96. The number of carbonyl (C=O) groups is 2. The van der Waals surface area contributed by atoms with E-state index in [4.69, 9.17) is 21.1 Å². The number of carboxylic acids is 1. The van der Waals surface area contributed by atoms with Gasteiger partial charge in [0.05, 0.1) is 11.8 Å². The summed E-state index contributed by atoms with van der Waals surface area (Å²) < 4.78 is 4.84. The number of nitrogens with zero attached hydrogens (tertiary/aromatic N) is 1. The Morgan fingerprint density at radius 2 is 2.24 bits per heavy atom. The topological polar surface area (TPSA) is 70.8 Å². The number of hydrogen-bond acceptors (Lipinski definition) is 3. The fourth-order valence-corrected chi connectivity index (χ4v) is 2.23. The van der Waals surface area contributed by atoms with E-state index in [0.717, 1.165) is 12.8 Å². The van der Waals surface area contributed by atoms with Gasteiger partial charge in [0.15, 0.2) is 0 Å². The van der Waals surface area contributed by atoms with Gasteiger partial charge in [0.25, 0.3) is 5.91 Å². The normalized spacial score (nSPS) is 20.3. The van der Waals surface area contributed by atoms with Crippen LogP contribution in [0.1, 0.15) is 29.6 Å². The van der Waals surface area contributed by atoms with Crippen LogP contribution in [0.4, 0.5) is 0 Å². The summed E-state index contributed by atoms with van der Waals surface area (Å²) in [5.74, 6) is -1.35. The third-order valence-electron chi connectivity index (χ3n) is 2.90. The number of carbonyl (C=O) groups excluding carboxylic acids is 1. The van der Waals surface area contributed by atoms with Crippen molar-refractivity contribution in [3.05, 3.63) is 23.1 Å². The Morgan fingerprint density at radius 1 is 1.47 bits per heavy atom. The van der Waals surface area contributed by atoms with Crippen LogP contribution in [0.5, 0.6) is 0 Å². The van der Waals surface area contributed by atoms with Crippen LogP contribution < -0.4 is 0 Å². The van der Waals surface area contributed by atoms with Gasteiger partial charge in [-0.15, -0.1) is 0 Å². The molecule has 5 nitrogen and oxygen atoms in total. The van der Waals surface area contributed by atoms with Gasteiger partial charge < -0.3 is 14.4 Å². The number of piperidine rings is 1. The Morgan fingerprint density at radius 3 is 2.82 bits per heavy atom. The average Bonchev–Trinajstić information content (AvgIpc) is 2.74. The molecule has 1 aromatic rings. The third kappa shape index (κ3) is 2.29. The summed E-state index contributed by atoms with van der Waals surface area (Å²) in [6.07, 6.45) is 3.43. The van der Waals surface area contributed by atoms with E-state index in [-0.39, 0.29) is 16.7 Å². The molecule has 0 spiro atoms. The summed E-state index contributed by atoms with van der Waals surface area (Å²) in [6.45, 7) is 0.442. The molecule has 17 heavy (non-hydrogen) atoms. The minimum atomic E-state index is -0.974. The summed E-state index contributed by atoms with van der Waals surface area (Å²) in [5.41, 5.74) is 0.222. The summed E-state index contributed by atoms with van der Waals surface area (Å²) >= 11 is 5.72. The van der Waals surface area contributed by atoms with Crippen molar-refractivity contribution in [2.45, 2.75) is 25.3 Å². The molecule has 1 saturated heterocycles. The molecular formula is C11H12ClNO4. The molecule has 0 saturated carbocycles. The monoisotopic (exact) mass is 257 g/mol. The maximum Gasteiger partial charge on any atom is 0.326 e. The van der Waals surface area contributed by atoms with E-state index in [0.29, 0.717) is 13.0 Å². The van der Waals surface area contributed by atoms with Gasteiger partial charge in [-0.1, -0.05) is 0 Å². The molecule has 2 rings (SSSR count). The molecule has 1 amide bonds. The van der Waals surface area contributed by atoms with Crippen molar-refractivity contribution in [3.63, 3.8) is 0 Å². The Bertz CT molecular complexity index is 442. The number of amides is 1. The summed E-state index contributed by atoms with van der Waals surface area (Å²) in [5, 5.41) is 9.08. The van der Waals surface area contributed by atoms with Crippen LogP contribution in [0.3, 0.4) is 0 Å². The van der Waals surface area contributed by atoms with Gasteiger partial charge >= 0.3 is 5.97 Å². The molecule has 0 unspecified atom stereocenters. The lowest BCUT2D eigenvalue weighted by Crippen LogP contribution is -2.47. The minimum absolute atomic E-state index is 0.00436. The van der Waals surface area contributed by atoms with E-state index in [9.17, 15) is 9.59 Å². The molecule has 0 aromatic carbocycles. The van der Waals surface area contributed by atoms with Gasteiger partial charge in [0.2, 0.25) is 5.22 Å². The van der Waals surface area contributed by atoms with Crippen molar-refractivity contribution in [1.82, 2.24) is 4.90 Å². The van der Waals surface area contributed by atoms with Gasteiger partial charge in [0.1, 0.15) is 6.04 Å². The molecule has 1 fully saturated rings. The number of carboxylic acid groups (broad SMARTS) is 1. The Hall–Kier alpha value is -1.49. The van der Waals surface area contributed by atoms with Crippen LogP contribution >= 0.6 is 11.6 Å². The highest BCUT2D eigenvalue weighted by molar-refractivity contribution is 6.32. The van der Waals surface area contributed by atoms with Crippen LogP contribution in [0, 0.1) is 0 Å². The molecule has 1 atom stereocenters. The number of furan rings is 1. The molecule has 0 bridgehead atoms. The van der Waals surface area contributed by atoms with Gasteiger partial charge in [-0.2, -0.15) is 0 Å². The minimum Gasteiger partial charge on any atom is -0.480 e. The molecule has 6 heteroatoms. The molecule has 0 radical (unpaired) electrons. The number of aliphatic carboxylic acids is 1. The summed E-state index contributed by atoms with van der Waals surface area (Å²) in [6, 6.07) is 0.695. The van der Waals surface area contributed by atoms with Gasteiger partial charge in [0, 0.05) is 6.54 Å². The molecule has 1 aliphatic rings. The van der Waals surface area contributed by atoms with E-state index in [1.54, 1.807) is 0 Å². The van der Waals surface area contributed by atoms with Crippen LogP contribution in [0.15, 0.2) is 16.7 Å². The fourth-order valence-electron chi connectivity index (χ4n) is 2.03. The second kappa shape index (κ2) is 4.79.